The number of nitrogen functional groups attached to an aromatic ring is 1. The maximum Gasteiger partial charge on any atom is 0.163 e. The molecule has 0 spiro atoms. The molecule has 0 fully saturated rings. The van der Waals surface area contributed by atoms with Crippen molar-refractivity contribution in [2.24, 2.45) is 0 Å². The Hall–Kier alpha value is -3.80. The smallest absolute Gasteiger partial charge is 0.163 e. The lowest BCUT2D eigenvalue weighted by atomic mass is 10.0. The number of ether oxygens (including phenoxy) is 2. The number of nitrogens with zero attached hydrogens (tertiary/aromatic N) is 2. The minimum Gasteiger partial charge on any atom is -0.497 e. The Balaban J connectivity index is 1.51. The number of hydrogen-bond acceptors (Lipinski definition) is 6. The second-order valence-corrected chi connectivity index (χ2v) is 7.28. The lowest BCUT2D eigenvalue weighted by Crippen LogP contribution is -2.05. The number of anilines is 2. The van der Waals surface area contributed by atoms with Crippen LogP contribution >= 0.6 is 0 Å². The van der Waals surface area contributed by atoms with E-state index < -0.39 is 0 Å². The van der Waals surface area contributed by atoms with Gasteiger partial charge in [-0.2, -0.15) is 0 Å². The summed E-state index contributed by atoms with van der Waals surface area (Å²) in [6, 6.07) is 22.1. The van der Waals surface area contributed by atoms with Crippen molar-refractivity contribution in [2.75, 3.05) is 31.8 Å². The molecule has 31 heavy (non-hydrogen) atoms. The quantitative estimate of drug-likeness (QED) is 0.397. The summed E-state index contributed by atoms with van der Waals surface area (Å²) < 4.78 is 10.8. The van der Waals surface area contributed by atoms with E-state index in [0.717, 1.165) is 41.7 Å². The number of nitrogens with one attached hydrogen (secondary N) is 1. The molecule has 6 heteroatoms. The van der Waals surface area contributed by atoms with E-state index in [1.54, 1.807) is 14.2 Å². The van der Waals surface area contributed by atoms with Crippen LogP contribution in [-0.2, 0) is 6.42 Å². The summed E-state index contributed by atoms with van der Waals surface area (Å²) in [6.07, 6.45) is 2.05. The van der Waals surface area contributed by atoms with Crippen LogP contribution in [-0.4, -0.2) is 30.7 Å². The molecule has 0 unspecified atom stereocenters. The van der Waals surface area contributed by atoms with Gasteiger partial charge in [-0.05, 0) is 54.3 Å². The number of aryl methyl sites for hydroxylation is 1. The Labute approximate surface area is 182 Å². The molecule has 2 aromatic carbocycles. The topological polar surface area (TPSA) is 82.3 Å². The molecule has 4 aromatic rings. The molecule has 0 radical (unpaired) electrons. The number of pyridine rings is 2. The van der Waals surface area contributed by atoms with Crippen LogP contribution in [0.5, 0.6) is 11.5 Å². The SMILES string of the molecule is COc1cc(OC)cc(-c2cc3ccc(NCCCc4ccccc4)nc3nc2N)c1. The number of rotatable bonds is 8. The van der Waals surface area contributed by atoms with E-state index in [-0.39, 0.29) is 0 Å². The number of nitrogens with two attached hydrogens (primary N) is 1. The molecule has 2 heterocycles. The largest absolute Gasteiger partial charge is 0.497 e. The highest BCUT2D eigenvalue weighted by Gasteiger charge is 2.11. The van der Waals surface area contributed by atoms with Gasteiger partial charge in [0.1, 0.15) is 23.1 Å². The Morgan fingerprint density at radius 3 is 2.32 bits per heavy atom. The van der Waals surface area contributed by atoms with Crippen molar-refractivity contribution in [3.05, 3.63) is 72.3 Å². The first-order valence-corrected chi connectivity index (χ1v) is 10.2. The Kier molecular flexibility index (Phi) is 6.17. The van der Waals surface area contributed by atoms with Crippen LogP contribution < -0.4 is 20.5 Å². The fourth-order valence-electron chi connectivity index (χ4n) is 3.51. The van der Waals surface area contributed by atoms with Crippen LogP contribution in [0.2, 0.25) is 0 Å². The molecule has 158 valence electrons. The molecule has 0 atom stereocenters. The van der Waals surface area contributed by atoms with Crippen molar-refractivity contribution < 1.29 is 9.47 Å². The normalized spacial score (nSPS) is 10.8. The van der Waals surface area contributed by atoms with Crippen molar-refractivity contribution in [1.82, 2.24) is 9.97 Å². The third-order valence-electron chi connectivity index (χ3n) is 5.16. The Bertz CT molecular complexity index is 1160. The van der Waals surface area contributed by atoms with Crippen LogP contribution in [0.25, 0.3) is 22.2 Å². The molecule has 0 bridgehead atoms. The number of benzene rings is 2. The van der Waals surface area contributed by atoms with Gasteiger partial charge < -0.3 is 20.5 Å². The van der Waals surface area contributed by atoms with Gasteiger partial charge in [-0.25, -0.2) is 9.97 Å². The molecule has 4 rings (SSSR count). The number of aromatic nitrogens is 2. The molecule has 0 amide bonds. The molecule has 0 aliphatic rings. The van der Waals surface area contributed by atoms with Gasteiger partial charge in [-0.3, -0.25) is 0 Å². The highest BCUT2D eigenvalue weighted by Crippen LogP contribution is 2.34. The molecule has 0 aliphatic carbocycles. The van der Waals surface area contributed by atoms with E-state index in [0.29, 0.717) is 23.0 Å². The van der Waals surface area contributed by atoms with Crippen LogP contribution in [0.1, 0.15) is 12.0 Å². The fourth-order valence-corrected chi connectivity index (χ4v) is 3.51. The van der Waals surface area contributed by atoms with E-state index in [9.17, 15) is 0 Å². The van der Waals surface area contributed by atoms with E-state index in [4.69, 9.17) is 15.2 Å². The maximum absolute atomic E-state index is 6.28. The van der Waals surface area contributed by atoms with Gasteiger partial charge >= 0.3 is 0 Å². The summed E-state index contributed by atoms with van der Waals surface area (Å²) >= 11 is 0. The van der Waals surface area contributed by atoms with Crippen LogP contribution in [0.15, 0.2) is 66.7 Å². The zero-order valence-electron chi connectivity index (χ0n) is 17.8. The first-order valence-electron chi connectivity index (χ1n) is 10.2. The highest BCUT2D eigenvalue weighted by molar-refractivity contribution is 5.88. The zero-order chi connectivity index (χ0) is 21.6. The Morgan fingerprint density at radius 1 is 0.871 bits per heavy atom. The van der Waals surface area contributed by atoms with E-state index in [2.05, 4.69) is 39.6 Å². The molecule has 3 N–H and O–H groups in total. The lowest BCUT2D eigenvalue weighted by Gasteiger charge is -2.12. The third-order valence-corrected chi connectivity index (χ3v) is 5.16. The second-order valence-electron chi connectivity index (χ2n) is 7.28. The minimum absolute atomic E-state index is 0.413. The first-order chi connectivity index (χ1) is 15.2. The van der Waals surface area contributed by atoms with E-state index in [1.807, 2.05) is 42.5 Å². The van der Waals surface area contributed by atoms with Crippen molar-refractivity contribution >= 4 is 22.7 Å². The van der Waals surface area contributed by atoms with Gasteiger partial charge in [0, 0.05) is 23.6 Å². The van der Waals surface area contributed by atoms with Gasteiger partial charge in [0.25, 0.3) is 0 Å². The fraction of sp³-hybridized carbons (Fsp3) is 0.200. The Morgan fingerprint density at radius 2 is 1.61 bits per heavy atom. The summed E-state index contributed by atoms with van der Waals surface area (Å²) in [5.74, 6) is 2.60. The van der Waals surface area contributed by atoms with Crippen molar-refractivity contribution in [2.45, 2.75) is 12.8 Å². The molecule has 2 aromatic heterocycles. The van der Waals surface area contributed by atoms with Gasteiger partial charge in [0.15, 0.2) is 5.65 Å². The van der Waals surface area contributed by atoms with Crippen LogP contribution in [0.3, 0.4) is 0 Å². The van der Waals surface area contributed by atoms with Crippen molar-refractivity contribution in [3.63, 3.8) is 0 Å². The van der Waals surface area contributed by atoms with Crippen LogP contribution in [0, 0.1) is 0 Å². The molecule has 0 aliphatic heterocycles. The summed E-state index contributed by atoms with van der Waals surface area (Å²) in [7, 11) is 3.25. The predicted octanol–water partition coefficient (Wildman–Crippen LogP) is 4.94. The summed E-state index contributed by atoms with van der Waals surface area (Å²) in [5, 5.41) is 4.30. The monoisotopic (exact) mass is 414 g/mol. The van der Waals surface area contributed by atoms with Crippen molar-refractivity contribution in [3.8, 4) is 22.6 Å². The average molecular weight is 415 g/mol. The van der Waals surface area contributed by atoms with Gasteiger partial charge in [0.05, 0.1) is 14.2 Å². The number of methoxy groups -OCH3 is 2. The van der Waals surface area contributed by atoms with Crippen LogP contribution in [0.4, 0.5) is 11.6 Å². The van der Waals surface area contributed by atoms with Gasteiger partial charge in [-0.1, -0.05) is 30.3 Å². The van der Waals surface area contributed by atoms with Gasteiger partial charge in [-0.15, -0.1) is 0 Å². The molecule has 0 saturated heterocycles. The molecule has 6 nitrogen and oxygen atoms in total. The first kappa shape index (κ1) is 20.5. The number of hydrogen-bond donors (Lipinski definition) is 2. The molecular formula is C25H26N4O2. The highest BCUT2D eigenvalue weighted by atomic mass is 16.5. The van der Waals surface area contributed by atoms with E-state index >= 15 is 0 Å². The molecular weight excluding hydrogens is 388 g/mol. The van der Waals surface area contributed by atoms with Crippen molar-refractivity contribution in [1.29, 1.82) is 0 Å². The van der Waals surface area contributed by atoms with Gasteiger partial charge in [0.2, 0.25) is 0 Å². The molecule has 0 saturated carbocycles. The summed E-state index contributed by atoms with van der Waals surface area (Å²) in [5.41, 5.74) is 9.94. The summed E-state index contributed by atoms with van der Waals surface area (Å²) in [6.45, 7) is 0.838. The average Bonchev–Trinajstić information content (AvgIpc) is 2.81. The van der Waals surface area contributed by atoms with E-state index in [1.165, 1.54) is 5.56 Å². The summed E-state index contributed by atoms with van der Waals surface area (Å²) in [4.78, 5) is 9.18. The predicted molar refractivity (Wildman–Crippen MR) is 126 cm³/mol. The lowest BCUT2D eigenvalue weighted by molar-refractivity contribution is 0.394. The zero-order valence-corrected chi connectivity index (χ0v) is 17.8. The maximum atomic E-state index is 6.28. The third kappa shape index (κ3) is 4.86. The standard InChI is InChI=1S/C25H26N4O2/c1-30-20-13-19(14-21(16-20)31-2)22-15-18-10-11-23(28-25(18)29-24(22)26)27-12-6-9-17-7-4-3-5-8-17/h3-5,7-8,10-11,13-16H,6,9,12H2,1-2H3,(H3,26,27,28,29). The second kappa shape index (κ2) is 9.34. The minimum atomic E-state index is 0.413. The number of fused-ring (bicyclic) bond motifs is 1.